The third kappa shape index (κ3) is 55.7. The van der Waals surface area contributed by atoms with Crippen molar-refractivity contribution in [1.82, 2.24) is 10.2 Å². The molecule has 0 heterocycles. The van der Waals surface area contributed by atoms with Crippen LogP contribution in [-0.2, 0) is 52.3 Å². The van der Waals surface area contributed by atoms with Gasteiger partial charge < -0.3 is 43.2 Å². The Morgan fingerprint density at radius 2 is 0.784 bits per heavy atom. The molecule has 14 heteroatoms. The van der Waals surface area contributed by atoms with Crippen molar-refractivity contribution in [3.8, 4) is 0 Å². The molecule has 438 valence electrons. The van der Waals surface area contributed by atoms with E-state index in [0.29, 0.717) is 85.4 Å². The van der Waals surface area contributed by atoms with E-state index in [1.165, 1.54) is 96.3 Å². The largest absolute Gasteiger partial charge is 0.466 e. The van der Waals surface area contributed by atoms with Crippen LogP contribution in [0.3, 0.4) is 0 Å². The van der Waals surface area contributed by atoms with Gasteiger partial charge >= 0.3 is 24.0 Å². The van der Waals surface area contributed by atoms with Crippen molar-refractivity contribution in [2.24, 2.45) is 0 Å². The fraction of sp³-hybridized carbons (Fsp3) is 0.933. The van der Waals surface area contributed by atoms with Crippen LogP contribution in [0.25, 0.3) is 0 Å². The van der Waals surface area contributed by atoms with E-state index in [0.717, 1.165) is 116 Å². The number of rotatable bonds is 57. The third-order valence-electron chi connectivity index (χ3n) is 12.9. The summed E-state index contributed by atoms with van der Waals surface area (Å²) in [4.78, 5) is 51.7. The first-order valence-electron chi connectivity index (χ1n) is 30.5. The number of carbonyl (C=O) groups excluding carboxylic acids is 4. The normalized spacial score (nSPS) is 11.7. The number of nitrogens with zero attached hydrogens (tertiary/aromatic N) is 1. The Kier molecular flexibility index (Phi) is 53.4. The summed E-state index contributed by atoms with van der Waals surface area (Å²) in [6.45, 7) is 19.1. The average Bonchev–Trinajstić information content (AvgIpc) is 3.36. The predicted molar refractivity (Wildman–Crippen MR) is 300 cm³/mol. The molecule has 0 aliphatic heterocycles. The minimum absolute atomic E-state index is 0.0201. The van der Waals surface area contributed by atoms with Crippen molar-refractivity contribution in [1.29, 1.82) is 0 Å². The summed E-state index contributed by atoms with van der Waals surface area (Å²) < 4.78 is 44.5. The highest BCUT2D eigenvalue weighted by molar-refractivity contribution is 5.70. The van der Waals surface area contributed by atoms with Gasteiger partial charge in [0.1, 0.15) is 18.3 Å². The maximum absolute atomic E-state index is 12.9. The van der Waals surface area contributed by atoms with Crippen LogP contribution in [0, 0.1) is 0 Å². The molecule has 0 aromatic rings. The summed E-state index contributed by atoms with van der Waals surface area (Å²) in [5.74, 6) is -0.351. The molecule has 74 heavy (non-hydrogen) atoms. The van der Waals surface area contributed by atoms with Gasteiger partial charge in [-0.15, -0.1) is 0 Å². The van der Waals surface area contributed by atoms with E-state index < -0.39 is 11.7 Å². The second kappa shape index (κ2) is 55.2. The Hall–Kier alpha value is -2.52. The van der Waals surface area contributed by atoms with E-state index in [1.807, 2.05) is 20.8 Å². The molecule has 1 amide bonds. The van der Waals surface area contributed by atoms with Gasteiger partial charge in [0.25, 0.3) is 0 Å². The Balaban J connectivity index is 4.52. The Bertz CT molecular complexity index is 1230. The fourth-order valence-corrected chi connectivity index (χ4v) is 8.55. The molecular formula is C60H116N2O12. The maximum atomic E-state index is 12.9. The van der Waals surface area contributed by atoms with Gasteiger partial charge in [0, 0.05) is 25.9 Å². The molecule has 0 aliphatic carbocycles. The van der Waals surface area contributed by atoms with Crippen molar-refractivity contribution in [2.45, 2.75) is 272 Å². The van der Waals surface area contributed by atoms with Gasteiger partial charge in [-0.2, -0.15) is 0 Å². The summed E-state index contributed by atoms with van der Waals surface area (Å²) >= 11 is 0. The van der Waals surface area contributed by atoms with Crippen molar-refractivity contribution >= 4 is 24.0 Å². The van der Waals surface area contributed by atoms with Crippen LogP contribution in [0.15, 0.2) is 0 Å². The predicted octanol–water partition coefficient (Wildman–Crippen LogP) is 14.2. The molecule has 14 nitrogen and oxygen atoms in total. The van der Waals surface area contributed by atoms with Gasteiger partial charge in [-0.25, -0.2) is 4.79 Å². The van der Waals surface area contributed by atoms with E-state index >= 15 is 0 Å². The monoisotopic (exact) mass is 1060 g/mol. The quantitative estimate of drug-likeness (QED) is 0.0349. The molecule has 0 aliphatic rings. The van der Waals surface area contributed by atoms with Crippen LogP contribution in [-0.4, -0.2) is 133 Å². The van der Waals surface area contributed by atoms with Gasteiger partial charge in [-0.05, 0) is 91.6 Å². The number of unbranched alkanes of at least 4 members (excludes halogenated alkanes) is 24. The molecule has 0 saturated heterocycles. The molecule has 0 fully saturated rings. The molecule has 0 unspecified atom stereocenters. The number of alkyl carbamates (subject to hydrolysis) is 1. The van der Waals surface area contributed by atoms with Crippen LogP contribution >= 0.6 is 0 Å². The Labute approximate surface area is 453 Å². The zero-order chi connectivity index (χ0) is 54.3. The van der Waals surface area contributed by atoms with Crippen LogP contribution in [0.1, 0.15) is 260 Å². The van der Waals surface area contributed by atoms with Crippen LogP contribution < -0.4 is 5.32 Å². The molecule has 0 spiro atoms. The van der Waals surface area contributed by atoms with E-state index in [1.54, 1.807) is 0 Å². The minimum atomic E-state index is -0.532. The lowest BCUT2D eigenvalue weighted by Crippen LogP contribution is -2.34. The van der Waals surface area contributed by atoms with Gasteiger partial charge in [0.15, 0.2) is 0 Å². The Morgan fingerprint density at radius 3 is 1.28 bits per heavy atom. The average molecular weight is 1060 g/mol. The van der Waals surface area contributed by atoms with Crippen LogP contribution in [0.4, 0.5) is 4.79 Å². The minimum Gasteiger partial charge on any atom is -0.466 e. The van der Waals surface area contributed by atoms with Crippen molar-refractivity contribution in [3.05, 3.63) is 0 Å². The first kappa shape index (κ1) is 71.5. The zero-order valence-electron chi connectivity index (χ0n) is 48.9. The molecule has 0 atom stereocenters. The number of hydrogen-bond acceptors (Lipinski definition) is 13. The topological polar surface area (TPSA) is 157 Å². The van der Waals surface area contributed by atoms with E-state index in [9.17, 15) is 19.2 Å². The van der Waals surface area contributed by atoms with Crippen LogP contribution in [0.2, 0.25) is 0 Å². The molecule has 0 aromatic carbocycles. The standard InChI is InChI=1S/C60H116N2O12/c1-7-10-13-16-19-28-35-45-71-56(63)38-31-24-20-26-33-42-62(43-34-27-21-25-32-39-58(65)73-55(36-29-22-17-14-11-8-2)37-30-23-18-15-12-9-3)44-48-72-57(64)40-46-67-49-51-69-53-54-70-52-50-68-47-41-61-59(66)74-60(4,5)6/h55H,7-54H2,1-6H3,(H,61,66). The summed E-state index contributed by atoms with van der Waals surface area (Å²) in [7, 11) is 0. The van der Waals surface area contributed by atoms with Gasteiger partial charge in [-0.3, -0.25) is 19.3 Å². The molecule has 0 saturated carbocycles. The number of hydrogen-bond donors (Lipinski definition) is 1. The molecule has 0 radical (unpaired) electrons. The van der Waals surface area contributed by atoms with E-state index in [4.69, 9.17) is 37.9 Å². The first-order chi connectivity index (χ1) is 36.0. The van der Waals surface area contributed by atoms with E-state index in [-0.39, 0.29) is 37.0 Å². The van der Waals surface area contributed by atoms with Crippen molar-refractivity contribution in [2.75, 3.05) is 92.2 Å². The number of ether oxygens (including phenoxy) is 8. The highest BCUT2D eigenvalue weighted by Crippen LogP contribution is 2.19. The van der Waals surface area contributed by atoms with Gasteiger partial charge in [-0.1, -0.05) is 162 Å². The van der Waals surface area contributed by atoms with Crippen molar-refractivity contribution < 1.29 is 57.1 Å². The summed E-state index contributed by atoms with van der Waals surface area (Å²) in [6, 6.07) is 0. The van der Waals surface area contributed by atoms with Gasteiger partial charge in [0.2, 0.25) is 0 Å². The highest BCUT2D eigenvalue weighted by atomic mass is 16.6. The smallest absolute Gasteiger partial charge is 0.407 e. The SMILES string of the molecule is CCCCCCCCCOC(=O)CCCCCCCN(CCCCCCCC(=O)OC(CCCCCCCC)CCCCCCCC)CCOC(=O)CCOCCOCCOCCOCCNC(=O)OC(C)(C)C. The summed E-state index contributed by atoms with van der Waals surface area (Å²) in [6.07, 6.45) is 36.7. The second-order valence-corrected chi connectivity index (χ2v) is 21.3. The molecule has 1 N–H and O–H groups in total. The molecule has 0 aromatic heterocycles. The second-order valence-electron chi connectivity index (χ2n) is 21.3. The number of esters is 3. The zero-order valence-corrected chi connectivity index (χ0v) is 48.9. The highest BCUT2D eigenvalue weighted by Gasteiger charge is 2.16. The van der Waals surface area contributed by atoms with Crippen LogP contribution in [0.5, 0.6) is 0 Å². The third-order valence-corrected chi connectivity index (χ3v) is 12.9. The van der Waals surface area contributed by atoms with Crippen molar-refractivity contribution in [3.63, 3.8) is 0 Å². The first-order valence-corrected chi connectivity index (χ1v) is 30.5. The lowest BCUT2D eigenvalue weighted by Gasteiger charge is -2.22. The number of carbonyl (C=O) groups is 4. The van der Waals surface area contributed by atoms with E-state index in [2.05, 4.69) is 31.0 Å². The molecular weight excluding hydrogens is 941 g/mol. The molecule has 0 rings (SSSR count). The lowest BCUT2D eigenvalue weighted by atomic mass is 10.0. The van der Waals surface area contributed by atoms with Gasteiger partial charge in [0.05, 0.1) is 65.9 Å². The number of nitrogens with one attached hydrogen (secondary N) is 1. The Morgan fingerprint density at radius 1 is 0.392 bits per heavy atom. The maximum Gasteiger partial charge on any atom is 0.407 e. The summed E-state index contributed by atoms with van der Waals surface area (Å²) in [5, 5.41) is 2.65. The summed E-state index contributed by atoms with van der Waals surface area (Å²) in [5.41, 5.74) is -0.532. The fourth-order valence-electron chi connectivity index (χ4n) is 8.55. The lowest BCUT2D eigenvalue weighted by molar-refractivity contribution is -0.150. The number of amides is 1. The molecule has 0 bridgehead atoms.